The summed E-state index contributed by atoms with van der Waals surface area (Å²) in [4.78, 5) is 3.53. The van der Waals surface area contributed by atoms with Crippen molar-refractivity contribution in [3.05, 3.63) is 26.0 Å². The molecule has 0 aromatic carbocycles. The van der Waals surface area contributed by atoms with E-state index >= 15 is 0 Å². The van der Waals surface area contributed by atoms with Crippen molar-refractivity contribution < 1.29 is 8.78 Å². The van der Waals surface area contributed by atoms with Crippen molar-refractivity contribution >= 4 is 38.5 Å². The minimum Gasteiger partial charge on any atom is -0.229 e. The Hall–Kier alpha value is 0.220. The van der Waals surface area contributed by atoms with Gasteiger partial charge in [0.2, 0.25) is 0 Å². The van der Waals surface area contributed by atoms with Gasteiger partial charge in [-0.3, -0.25) is 0 Å². The van der Waals surface area contributed by atoms with E-state index in [4.69, 9.17) is 0 Å². The van der Waals surface area contributed by atoms with Gasteiger partial charge in [-0.25, -0.2) is 13.8 Å². The molecule has 0 fully saturated rings. The summed E-state index contributed by atoms with van der Waals surface area (Å²) in [7, 11) is 0. The number of nitrogens with zero attached hydrogens (tertiary/aromatic N) is 1. The van der Waals surface area contributed by atoms with Crippen molar-refractivity contribution in [1.29, 1.82) is 0 Å². The topological polar surface area (TPSA) is 12.9 Å². The summed E-state index contributed by atoms with van der Waals surface area (Å²) in [6.07, 6.45) is 0. The van der Waals surface area contributed by atoms with Crippen LogP contribution in [0.1, 0.15) is 0 Å². The average Bonchev–Trinajstić information content (AvgIpc) is 1.84. The number of pyridine rings is 1. The fourth-order valence-corrected chi connectivity index (χ4v) is 1.44. The molecule has 0 aliphatic heterocycles. The second-order valence-electron chi connectivity index (χ2n) is 1.53. The molecule has 0 saturated carbocycles. The fraction of sp³-hybridized carbons (Fsp3) is 0. The number of aromatic nitrogens is 1. The van der Waals surface area contributed by atoms with Gasteiger partial charge >= 0.3 is 0 Å². The van der Waals surface area contributed by atoms with Crippen LogP contribution in [0.4, 0.5) is 8.78 Å². The van der Waals surface area contributed by atoms with Gasteiger partial charge in [-0.05, 0) is 38.5 Å². The van der Waals surface area contributed by atoms with Gasteiger partial charge in [0.15, 0.2) is 11.6 Å². The van der Waals surface area contributed by atoms with Crippen LogP contribution >= 0.6 is 38.5 Å². The maximum Gasteiger partial charge on any atom is 0.158 e. The lowest BCUT2D eigenvalue weighted by Crippen LogP contribution is -1.91. The van der Waals surface area contributed by atoms with E-state index in [0.29, 0.717) is 0 Å². The van der Waals surface area contributed by atoms with Crippen LogP contribution in [-0.2, 0) is 0 Å². The third-order valence-corrected chi connectivity index (χ3v) is 2.16. The van der Waals surface area contributed by atoms with E-state index in [1.807, 2.05) is 0 Å². The molecule has 5 heteroatoms. The van der Waals surface area contributed by atoms with Crippen LogP contribution < -0.4 is 0 Å². The zero-order valence-electron chi connectivity index (χ0n) is 4.54. The zero-order valence-corrected chi connectivity index (χ0v) is 8.28. The lowest BCUT2D eigenvalue weighted by Gasteiger charge is -1.94. The molecule has 1 heterocycles. The second kappa shape index (κ2) is 3.08. The minimum atomic E-state index is -0.682. The largest absolute Gasteiger partial charge is 0.229 e. The first-order valence-electron chi connectivity index (χ1n) is 2.28. The number of hydrogen-bond donors (Lipinski definition) is 0. The highest BCUT2D eigenvalue weighted by Crippen LogP contribution is 2.16. The molecule has 0 amide bonds. The van der Waals surface area contributed by atoms with E-state index < -0.39 is 11.6 Å². The predicted octanol–water partition coefficient (Wildman–Crippen LogP) is 2.73. The van der Waals surface area contributed by atoms with Crippen LogP contribution in [0.25, 0.3) is 0 Å². The van der Waals surface area contributed by atoms with E-state index in [1.165, 1.54) is 0 Å². The summed E-state index contributed by atoms with van der Waals surface area (Å²) in [5.41, 5.74) is 0. The van der Waals surface area contributed by atoms with Crippen LogP contribution in [0.5, 0.6) is 0 Å². The number of rotatable bonds is 0. The maximum absolute atomic E-state index is 12.4. The Balaban J connectivity index is 3.28. The first kappa shape index (κ1) is 8.32. The molecule has 0 spiro atoms. The molecule has 0 aliphatic carbocycles. The molecule has 1 nitrogen and oxygen atoms in total. The molecule has 0 aliphatic rings. The summed E-state index contributed by atoms with van der Waals surface area (Å²) in [5, 5.41) is 0. The molecule has 54 valence electrons. The molecule has 0 bridgehead atoms. The van der Waals surface area contributed by atoms with Gasteiger partial charge in [0.25, 0.3) is 0 Å². The van der Waals surface area contributed by atoms with E-state index in [2.05, 4.69) is 20.9 Å². The monoisotopic (exact) mass is 319 g/mol. The molecule has 0 atom stereocenters. The van der Waals surface area contributed by atoms with Crippen molar-refractivity contribution in [2.24, 2.45) is 0 Å². The van der Waals surface area contributed by atoms with Crippen LogP contribution in [-0.4, -0.2) is 4.98 Å². The van der Waals surface area contributed by atoms with Crippen molar-refractivity contribution in [2.45, 2.75) is 0 Å². The lowest BCUT2D eigenvalue weighted by molar-refractivity contribution is 0.560. The molecule has 0 unspecified atom stereocenters. The SMILES string of the molecule is Fc1cc(F)c(I)nc1Br. The van der Waals surface area contributed by atoms with Gasteiger partial charge in [-0.15, -0.1) is 0 Å². The summed E-state index contributed by atoms with van der Waals surface area (Å²) in [6, 6.07) is 0.791. The van der Waals surface area contributed by atoms with Gasteiger partial charge < -0.3 is 0 Å². The Morgan fingerprint density at radius 1 is 1.40 bits per heavy atom. The zero-order chi connectivity index (χ0) is 7.72. The summed E-state index contributed by atoms with van der Waals surface area (Å²) >= 11 is 4.51. The minimum absolute atomic E-state index is 0.0401. The molecular weight excluding hydrogens is 319 g/mol. The third kappa shape index (κ3) is 1.63. The summed E-state index contributed by atoms with van der Waals surface area (Å²) in [6.45, 7) is 0. The number of halogens is 4. The Kier molecular flexibility index (Phi) is 2.56. The second-order valence-corrected chi connectivity index (χ2v) is 3.31. The highest BCUT2D eigenvalue weighted by atomic mass is 127. The first-order valence-corrected chi connectivity index (χ1v) is 4.15. The highest BCUT2D eigenvalue weighted by molar-refractivity contribution is 14.1. The fourth-order valence-electron chi connectivity index (χ4n) is 0.423. The first-order chi connectivity index (χ1) is 4.61. The predicted molar refractivity (Wildman–Crippen MR) is 44.6 cm³/mol. The standard InChI is InChI=1S/C5HBrF2IN/c6-4-2(7)1-3(8)5(9)10-4/h1H. The van der Waals surface area contributed by atoms with E-state index in [9.17, 15) is 8.78 Å². The van der Waals surface area contributed by atoms with E-state index in [0.717, 1.165) is 6.07 Å². The molecular formula is C5HBrF2IN. The van der Waals surface area contributed by atoms with Crippen LogP contribution in [0.15, 0.2) is 10.7 Å². The van der Waals surface area contributed by atoms with Crippen molar-refractivity contribution in [2.75, 3.05) is 0 Å². The molecule has 0 radical (unpaired) electrons. The summed E-state index contributed by atoms with van der Waals surface area (Å²) < 4.78 is 25.0. The van der Waals surface area contributed by atoms with Gasteiger partial charge in [0, 0.05) is 6.07 Å². The van der Waals surface area contributed by atoms with Crippen molar-refractivity contribution in [1.82, 2.24) is 4.98 Å². The van der Waals surface area contributed by atoms with Crippen molar-refractivity contribution in [3.8, 4) is 0 Å². The quantitative estimate of drug-likeness (QED) is 0.529. The molecule has 0 saturated heterocycles. The van der Waals surface area contributed by atoms with Crippen molar-refractivity contribution in [3.63, 3.8) is 0 Å². The van der Waals surface area contributed by atoms with E-state index in [1.54, 1.807) is 22.6 Å². The molecule has 1 aromatic rings. The maximum atomic E-state index is 12.4. The normalized spacial score (nSPS) is 10.0. The Bertz CT molecular complexity index is 216. The summed E-state index contributed by atoms with van der Waals surface area (Å²) in [5.74, 6) is -1.32. The Morgan fingerprint density at radius 2 is 2.00 bits per heavy atom. The van der Waals surface area contributed by atoms with E-state index in [-0.39, 0.29) is 8.30 Å². The third-order valence-electron chi connectivity index (χ3n) is 0.844. The average molecular weight is 320 g/mol. The Morgan fingerprint density at radius 3 is 2.50 bits per heavy atom. The van der Waals surface area contributed by atoms with Crippen LogP contribution in [0.3, 0.4) is 0 Å². The Labute approximate surface area is 78.1 Å². The van der Waals surface area contributed by atoms with Gasteiger partial charge in [-0.2, -0.15) is 0 Å². The molecule has 1 aromatic heterocycles. The van der Waals surface area contributed by atoms with Crippen LogP contribution in [0, 0.1) is 15.3 Å². The lowest BCUT2D eigenvalue weighted by atomic mass is 10.5. The number of hydrogen-bond acceptors (Lipinski definition) is 1. The van der Waals surface area contributed by atoms with Crippen LogP contribution in [0.2, 0.25) is 0 Å². The van der Waals surface area contributed by atoms with Gasteiger partial charge in [0.05, 0.1) is 0 Å². The van der Waals surface area contributed by atoms with Gasteiger partial charge in [-0.1, -0.05) is 0 Å². The molecule has 1 rings (SSSR count). The highest BCUT2D eigenvalue weighted by Gasteiger charge is 2.06. The molecule has 0 N–H and O–H groups in total. The smallest absolute Gasteiger partial charge is 0.158 e. The van der Waals surface area contributed by atoms with Gasteiger partial charge in [0.1, 0.15) is 8.30 Å². The molecule has 10 heavy (non-hydrogen) atoms.